The SMILES string of the molecule is CC(C(=O)O)N1CC2=C(C1=O)C(c1cccc(F)c1)NC(=O)N2C. The molecule has 1 aromatic carbocycles. The quantitative estimate of drug-likeness (QED) is 0.866. The standard InChI is InChI=1S/C16H16FN3O4/c1-8(15(22)23)20-7-11-12(14(20)21)13(18-16(24)19(11)2)9-4-3-5-10(17)6-9/h3-6,8,13H,7H2,1-2H3,(H,18,24)(H,22,23). The average molecular weight is 333 g/mol. The fourth-order valence-electron chi connectivity index (χ4n) is 2.97. The van der Waals surface area contributed by atoms with Crippen LogP contribution in [0.1, 0.15) is 18.5 Å². The summed E-state index contributed by atoms with van der Waals surface area (Å²) in [5, 5.41) is 11.8. The fourth-order valence-corrected chi connectivity index (χ4v) is 2.97. The summed E-state index contributed by atoms with van der Waals surface area (Å²) in [4.78, 5) is 38.6. The van der Waals surface area contributed by atoms with Crippen LogP contribution in [0, 0.1) is 5.82 Å². The topological polar surface area (TPSA) is 90.0 Å². The monoisotopic (exact) mass is 333 g/mol. The lowest BCUT2D eigenvalue weighted by molar-refractivity contribution is -0.147. The summed E-state index contributed by atoms with van der Waals surface area (Å²) in [6.45, 7) is 1.43. The van der Waals surface area contributed by atoms with Crippen molar-refractivity contribution in [3.05, 3.63) is 46.9 Å². The highest BCUT2D eigenvalue weighted by Crippen LogP contribution is 2.36. The van der Waals surface area contributed by atoms with Crippen LogP contribution in [0.15, 0.2) is 35.5 Å². The lowest BCUT2D eigenvalue weighted by Crippen LogP contribution is -2.45. The van der Waals surface area contributed by atoms with Gasteiger partial charge >= 0.3 is 12.0 Å². The third kappa shape index (κ3) is 2.40. The minimum absolute atomic E-state index is 0.0252. The van der Waals surface area contributed by atoms with Crippen molar-refractivity contribution in [1.82, 2.24) is 15.1 Å². The first-order valence-electron chi connectivity index (χ1n) is 7.37. The van der Waals surface area contributed by atoms with E-state index < -0.39 is 35.8 Å². The van der Waals surface area contributed by atoms with Crippen LogP contribution in [0.2, 0.25) is 0 Å². The molecule has 0 saturated carbocycles. The van der Waals surface area contributed by atoms with Gasteiger partial charge in [-0.25, -0.2) is 14.0 Å². The molecule has 2 N–H and O–H groups in total. The number of hydrogen-bond donors (Lipinski definition) is 2. The van der Waals surface area contributed by atoms with Crippen molar-refractivity contribution in [3.8, 4) is 0 Å². The zero-order valence-corrected chi connectivity index (χ0v) is 13.1. The Morgan fingerprint density at radius 2 is 2.12 bits per heavy atom. The van der Waals surface area contributed by atoms with Gasteiger partial charge in [-0.15, -0.1) is 0 Å². The second-order valence-electron chi connectivity index (χ2n) is 5.80. The second kappa shape index (κ2) is 5.63. The lowest BCUT2D eigenvalue weighted by atomic mass is 9.95. The predicted octanol–water partition coefficient (Wildman–Crippen LogP) is 1.09. The third-order valence-electron chi connectivity index (χ3n) is 4.40. The number of rotatable bonds is 3. The zero-order valence-electron chi connectivity index (χ0n) is 13.1. The Hall–Kier alpha value is -2.90. The van der Waals surface area contributed by atoms with Crippen LogP contribution in [0.3, 0.4) is 0 Å². The molecule has 2 aliphatic rings. The predicted molar refractivity (Wildman–Crippen MR) is 81.3 cm³/mol. The number of nitrogens with one attached hydrogen (secondary N) is 1. The Morgan fingerprint density at radius 3 is 2.75 bits per heavy atom. The highest BCUT2D eigenvalue weighted by Gasteiger charge is 2.45. The third-order valence-corrected chi connectivity index (χ3v) is 4.40. The van der Waals surface area contributed by atoms with Crippen LogP contribution in [-0.2, 0) is 9.59 Å². The van der Waals surface area contributed by atoms with Gasteiger partial charge in [0.05, 0.1) is 23.9 Å². The first kappa shape index (κ1) is 16.0. The molecule has 2 unspecified atom stereocenters. The van der Waals surface area contributed by atoms with Gasteiger partial charge in [0.25, 0.3) is 5.91 Å². The Labute approximate surface area is 137 Å². The number of carboxylic acids is 1. The van der Waals surface area contributed by atoms with Crippen molar-refractivity contribution in [1.29, 1.82) is 0 Å². The first-order chi connectivity index (χ1) is 11.3. The second-order valence-corrected chi connectivity index (χ2v) is 5.80. The number of urea groups is 1. The van der Waals surface area contributed by atoms with Crippen LogP contribution < -0.4 is 5.32 Å². The smallest absolute Gasteiger partial charge is 0.326 e. The molecule has 7 nitrogen and oxygen atoms in total. The van der Waals surface area contributed by atoms with E-state index >= 15 is 0 Å². The molecular weight excluding hydrogens is 317 g/mol. The molecule has 3 amide bonds. The fraction of sp³-hybridized carbons (Fsp3) is 0.312. The highest BCUT2D eigenvalue weighted by atomic mass is 19.1. The first-order valence-corrected chi connectivity index (χ1v) is 7.37. The lowest BCUT2D eigenvalue weighted by Gasteiger charge is -2.31. The number of nitrogens with zero attached hydrogens (tertiary/aromatic N) is 2. The molecule has 0 saturated heterocycles. The summed E-state index contributed by atoms with van der Waals surface area (Å²) < 4.78 is 13.5. The number of amides is 3. The number of carbonyl (C=O) groups excluding carboxylic acids is 2. The van der Waals surface area contributed by atoms with Gasteiger partial charge in [0.15, 0.2) is 0 Å². The van der Waals surface area contributed by atoms with E-state index in [0.717, 1.165) is 0 Å². The maximum Gasteiger partial charge on any atom is 0.326 e. The normalized spacial score (nSPS) is 21.7. The summed E-state index contributed by atoms with van der Waals surface area (Å²) >= 11 is 0. The molecule has 24 heavy (non-hydrogen) atoms. The van der Waals surface area contributed by atoms with Crippen molar-refractivity contribution in [2.45, 2.75) is 19.0 Å². The van der Waals surface area contributed by atoms with Crippen molar-refractivity contribution in [2.24, 2.45) is 0 Å². The molecule has 2 heterocycles. The molecule has 0 aromatic heterocycles. The average Bonchev–Trinajstić information content (AvgIpc) is 2.88. The van der Waals surface area contributed by atoms with E-state index in [-0.39, 0.29) is 12.1 Å². The van der Waals surface area contributed by atoms with Gasteiger partial charge in [-0.2, -0.15) is 0 Å². The Kier molecular flexibility index (Phi) is 3.75. The van der Waals surface area contributed by atoms with E-state index in [4.69, 9.17) is 0 Å². The van der Waals surface area contributed by atoms with E-state index in [0.29, 0.717) is 11.3 Å². The van der Waals surface area contributed by atoms with Crippen molar-refractivity contribution < 1.29 is 23.9 Å². The number of hydrogen-bond acceptors (Lipinski definition) is 3. The molecule has 0 spiro atoms. The highest BCUT2D eigenvalue weighted by molar-refractivity contribution is 6.03. The van der Waals surface area contributed by atoms with Gasteiger partial charge < -0.3 is 15.3 Å². The molecule has 3 rings (SSSR count). The molecule has 8 heteroatoms. The van der Waals surface area contributed by atoms with E-state index in [1.54, 1.807) is 6.07 Å². The van der Waals surface area contributed by atoms with Crippen LogP contribution in [0.5, 0.6) is 0 Å². The summed E-state index contributed by atoms with van der Waals surface area (Å²) in [7, 11) is 1.51. The van der Waals surface area contributed by atoms with Gasteiger partial charge in [-0.1, -0.05) is 12.1 Å². The number of likely N-dealkylation sites (N-methyl/N-ethyl adjacent to an activating group) is 1. The number of halogens is 1. The van der Waals surface area contributed by atoms with Gasteiger partial charge in [0.2, 0.25) is 0 Å². The molecule has 0 radical (unpaired) electrons. The van der Waals surface area contributed by atoms with Crippen LogP contribution in [-0.4, -0.2) is 52.4 Å². The Balaban J connectivity index is 2.05. The molecule has 0 bridgehead atoms. The maximum absolute atomic E-state index is 13.5. The summed E-state index contributed by atoms with van der Waals surface area (Å²) in [6, 6.07) is 3.35. The van der Waals surface area contributed by atoms with E-state index in [1.807, 2.05) is 0 Å². The van der Waals surface area contributed by atoms with E-state index in [1.165, 1.54) is 42.0 Å². The van der Waals surface area contributed by atoms with Crippen molar-refractivity contribution in [3.63, 3.8) is 0 Å². The summed E-state index contributed by atoms with van der Waals surface area (Å²) in [6.07, 6.45) is 0. The van der Waals surface area contributed by atoms with Crippen LogP contribution in [0.4, 0.5) is 9.18 Å². The van der Waals surface area contributed by atoms with Gasteiger partial charge in [0.1, 0.15) is 11.9 Å². The van der Waals surface area contributed by atoms with Gasteiger partial charge in [-0.3, -0.25) is 9.69 Å². The molecule has 126 valence electrons. The van der Waals surface area contributed by atoms with Crippen molar-refractivity contribution >= 4 is 17.9 Å². The Morgan fingerprint density at radius 1 is 1.42 bits per heavy atom. The van der Waals surface area contributed by atoms with Crippen LogP contribution >= 0.6 is 0 Å². The molecule has 2 atom stereocenters. The van der Waals surface area contributed by atoms with Gasteiger partial charge in [0, 0.05) is 7.05 Å². The number of carboxylic acid groups (broad SMARTS) is 1. The Bertz CT molecular complexity index is 776. The molecular formula is C16H16FN3O4. The zero-order chi connectivity index (χ0) is 17.6. The van der Waals surface area contributed by atoms with Crippen LogP contribution in [0.25, 0.3) is 0 Å². The van der Waals surface area contributed by atoms with E-state index in [2.05, 4.69) is 5.32 Å². The van der Waals surface area contributed by atoms with Gasteiger partial charge in [-0.05, 0) is 24.6 Å². The van der Waals surface area contributed by atoms with Crippen molar-refractivity contribution in [2.75, 3.05) is 13.6 Å². The minimum atomic E-state index is -1.13. The molecule has 0 fully saturated rings. The number of carbonyl (C=O) groups is 3. The minimum Gasteiger partial charge on any atom is -0.480 e. The molecule has 0 aliphatic carbocycles. The summed E-state index contributed by atoms with van der Waals surface area (Å²) in [5.41, 5.74) is 1.14. The maximum atomic E-state index is 13.5. The molecule has 2 aliphatic heterocycles. The number of benzene rings is 1. The van der Waals surface area contributed by atoms with E-state index in [9.17, 15) is 23.9 Å². The number of aliphatic carboxylic acids is 1. The largest absolute Gasteiger partial charge is 0.480 e. The molecule has 1 aromatic rings. The summed E-state index contributed by atoms with van der Waals surface area (Å²) in [5.74, 6) is -2.09.